The number of carbonyl (C=O) groups excluding carboxylic acids is 2. The molecule has 0 saturated carbocycles. The van der Waals surface area contributed by atoms with Crippen molar-refractivity contribution in [3.63, 3.8) is 0 Å². The van der Waals surface area contributed by atoms with Gasteiger partial charge < -0.3 is 20.9 Å². The summed E-state index contributed by atoms with van der Waals surface area (Å²) in [5, 5.41) is 11.9. The van der Waals surface area contributed by atoms with Gasteiger partial charge in [-0.2, -0.15) is 0 Å². The van der Waals surface area contributed by atoms with Gasteiger partial charge in [0.05, 0.1) is 0 Å². The molecule has 2 unspecified atom stereocenters. The molecule has 0 aromatic carbocycles. The molecular weight excluding hydrogens is 624 g/mol. The molecule has 0 aromatic rings. The number of unbranched alkanes of at least 4 members (excludes halogenated alkanes) is 26. The van der Waals surface area contributed by atoms with Crippen molar-refractivity contribution in [2.75, 3.05) is 6.54 Å². The third-order valence-corrected chi connectivity index (χ3v) is 10.2. The first-order valence-electron chi connectivity index (χ1n) is 21.9. The summed E-state index contributed by atoms with van der Waals surface area (Å²) < 4.78 is 5.99. The van der Waals surface area contributed by atoms with Crippen LogP contribution in [0.3, 0.4) is 0 Å². The molecule has 7 heteroatoms. The number of hydrogen-bond acceptors (Lipinski definition) is 5. The van der Waals surface area contributed by atoms with E-state index in [2.05, 4.69) is 19.2 Å². The quantitative estimate of drug-likeness (QED) is 0.0430. The van der Waals surface area contributed by atoms with Crippen LogP contribution in [0.4, 0.5) is 0 Å². The number of carbonyl (C=O) groups is 3. The fraction of sp³-hybridized carbons (Fsp3) is 0.930. The minimum Gasteiger partial charge on any atom is -0.480 e. The molecule has 1 amide bonds. The summed E-state index contributed by atoms with van der Waals surface area (Å²) in [6, 6.07) is -0.859. The van der Waals surface area contributed by atoms with Crippen molar-refractivity contribution >= 4 is 17.8 Å². The standard InChI is InChI=1S/C43H84N2O5/c1-3-5-7-9-11-12-13-14-15-16-17-18-19-20-21-22-23-25-31-37-42(47)50-39(33-28-24-10-8-6-4-2)34-29-26-27-30-36-41(46)45-40(43(48)49)35-32-38-44/h39-40H,3-38,44H2,1-2H3,(H,45,46)(H,48,49). The van der Waals surface area contributed by atoms with Crippen molar-refractivity contribution in [3.8, 4) is 0 Å². The maximum atomic E-state index is 12.7. The first-order valence-corrected chi connectivity index (χ1v) is 21.9. The van der Waals surface area contributed by atoms with Gasteiger partial charge in [-0.1, -0.05) is 174 Å². The lowest BCUT2D eigenvalue weighted by atomic mass is 10.0. The van der Waals surface area contributed by atoms with Gasteiger partial charge in [0.1, 0.15) is 12.1 Å². The van der Waals surface area contributed by atoms with Crippen molar-refractivity contribution in [2.24, 2.45) is 5.73 Å². The highest BCUT2D eigenvalue weighted by atomic mass is 16.5. The smallest absolute Gasteiger partial charge is 0.326 e. The molecule has 0 bridgehead atoms. The number of esters is 1. The second-order valence-corrected chi connectivity index (χ2v) is 15.1. The van der Waals surface area contributed by atoms with E-state index in [-0.39, 0.29) is 18.0 Å². The van der Waals surface area contributed by atoms with Crippen molar-refractivity contribution < 1.29 is 24.2 Å². The summed E-state index contributed by atoms with van der Waals surface area (Å²) >= 11 is 0. The highest BCUT2D eigenvalue weighted by molar-refractivity contribution is 5.83. The Hall–Kier alpha value is -1.63. The summed E-state index contributed by atoms with van der Waals surface area (Å²) in [7, 11) is 0. The number of amides is 1. The number of ether oxygens (including phenoxy) is 1. The van der Waals surface area contributed by atoms with Gasteiger partial charge in [-0.25, -0.2) is 4.79 Å². The summed E-state index contributed by atoms with van der Waals surface area (Å²) in [6.07, 6.45) is 40.2. The molecule has 296 valence electrons. The van der Waals surface area contributed by atoms with Gasteiger partial charge in [-0.15, -0.1) is 0 Å². The largest absolute Gasteiger partial charge is 0.480 e. The summed E-state index contributed by atoms with van der Waals surface area (Å²) in [5.74, 6) is -1.25. The maximum absolute atomic E-state index is 12.7. The Labute approximate surface area is 309 Å². The zero-order valence-electron chi connectivity index (χ0n) is 33.3. The topological polar surface area (TPSA) is 119 Å². The Bertz CT molecular complexity index is 762. The number of carboxylic acid groups (broad SMARTS) is 1. The Balaban J connectivity index is 4.01. The van der Waals surface area contributed by atoms with Gasteiger partial charge in [0.25, 0.3) is 0 Å². The van der Waals surface area contributed by atoms with E-state index in [4.69, 9.17) is 10.5 Å². The molecule has 0 aliphatic rings. The third kappa shape index (κ3) is 34.8. The highest BCUT2D eigenvalue weighted by Gasteiger charge is 2.19. The normalized spacial score (nSPS) is 12.5. The Kier molecular flexibility index (Phi) is 37.3. The van der Waals surface area contributed by atoms with Crippen LogP contribution < -0.4 is 11.1 Å². The van der Waals surface area contributed by atoms with Crippen LogP contribution in [0, 0.1) is 0 Å². The van der Waals surface area contributed by atoms with Crippen LogP contribution in [0.15, 0.2) is 0 Å². The first-order chi connectivity index (χ1) is 24.4. The predicted octanol–water partition coefficient (Wildman–Crippen LogP) is 12.1. The minimum absolute atomic E-state index is 0.00355. The van der Waals surface area contributed by atoms with Crippen molar-refractivity contribution in [2.45, 2.75) is 251 Å². The van der Waals surface area contributed by atoms with E-state index >= 15 is 0 Å². The lowest BCUT2D eigenvalue weighted by molar-refractivity contribution is -0.150. The third-order valence-electron chi connectivity index (χ3n) is 10.2. The summed E-state index contributed by atoms with van der Waals surface area (Å²) in [5.41, 5.74) is 5.48. The lowest BCUT2D eigenvalue weighted by Crippen LogP contribution is -2.40. The number of nitrogens with one attached hydrogen (secondary N) is 1. The van der Waals surface area contributed by atoms with Crippen LogP contribution >= 0.6 is 0 Å². The van der Waals surface area contributed by atoms with Crippen LogP contribution in [-0.4, -0.2) is 41.6 Å². The second-order valence-electron chi connectivity index (χ2n) is 15.1. The SMILES string of the molecule is CCCCCCCCCCCCCCCCCCCCCC(=O)OC(CCCCCCCC)CCCCCCC(=O)NC(CCCN)C(=O)O. The van der Waals surface area contributed by atoms with Crippen LogP contribution in [0.1, 0.15) is 239 Å². The van der Waals surface area contributed by atoms with Crippen LogP contribution in [-0.2, 0) is 19.1 Å². The fourth-order valence-electron chi connectivity index (χ4n) is 6.86. The molecule has 0 saturated heterocycles. The molecule has 0 aliphatic carbocycles. The number of carboxylic acids is 1. The van der Waals surface area contributed by atoms with Crippen LogP contribution in [0.25, 0.3) is 0 Å². The summed E-state index contributed by atoms with van der Waals surface area (Å²) in [4.78, 5) is 36.3. The van der Waals surface area contributed by atoms with Gasteiger partial charge in [-0.3, -0.25) is 9.59 Å². The van der Waals surface area contributed by atoms with Crippen LogP contribution in [0.2, 0.25) is 0 Å². The molecule has 50 heavy (non-hydrogen) atoms. The van der Waals surface area contributed by atoms with Crippen molar-refractivity contribution in [3.05, 3.63) is 0 Å². The average Bonchev–Trinajstić information content (AvgIpc) is 3.10. The number of aliphatic carboxylic acids is 1. The molecule has 0 fully saturated rings. The molecule has 0 spiro atoms. The maximum Gasteiger partial charge on any atom is 0.326 e. The van der Waals surface area contributed by atoms with E-state index in [1.54, 1.807) is 0 Å². The second kappa shape index (κ2) is 38.6. The zero-order valence-corrected chi connectivity index (χ0v) is 33.3. The number of rotatable bonds is 40. The van der Waals surface area contributed by atoms with E-state index < -0.39 is 12.0 Å². The Morgan fingerprint density at radius 1 is 0.500 bits per heavy atom. The van der Waals surface area contributed by atoms with E-state index in [0.29, 0.717) is 32.2 Å². The van der Waals surface area contributed by atoms with E-state index in [1.165, 1.54) is 141 Å². The van der Waals surface area contributed by atoms with Crippen molar-refractivity contribution in [1.29, 1.82) is 0 Å². The average molecular weight is 709 g/mol. The molecule has 0 rings (SSSR count). The van der Waals surface area contributed by atoms with E-state index in [0.717, 1.165) is 57.8 Å². The van der Waals surface area contributed by atoms with Gasteiger partial charge in [-0.05, 0) is 57.9 Å². The van der Waals surface area contributed by atoms with E-state index in [1.807, 2.05) is 0 Å². The van der Waals surface area contributed by atoms with Gasteiger partial charge in [0.2, 0.25) is 5.91 Å². The fourth-order valence-corrected chi connectivity index (χ4v) is 6.86. The first kappa shape index (κ1) is 48.4. The molecular formula is C43H84N2O5. The molecule has 0 heterocycles. The molecule has 4 N–H and O–H groups in total. The molecule has 0 radical (unpaired) electrons. The zero-order chi connectivity index (χ0) is 36.8. The predicted molar refractivity (Wildman–Crippen MR) is 211 cm³/mol. The highest BCUT2D eigenvalue weighted by Crippen LogP contribution is 2.19. The Morgan fingerprint density at radius 2 is 0.860 bits per heavy atom. The van der Waals surface area contributed by atoms with Gasteiger partial charge in [0.15, 0.2) is 0 Å². The van der Waals surface area contributed by atoms with Gasteiger partial charge >= 0.3 is 11.9 Å². The molecule has 2 atom stereocenters. The summed E-state index contributed by atoms with van der Waals surface area (Å²) in [6.45, 7) is 4.93. The molecule has 0 aromatic heterocycles. The number of hydrogen-bond donors (Lipinski definition) is 3. The lowest BCUT2D eigenvalue weighted by Gasteiger charge is -2.18. The Morgan fingerprint density at radius 3 is 1.24 bits per heavy atom. The monoisotopic (exact) mass is 709 g/mol. The minimum atomic E-state index is -1.01. The molecule has 7 nitrogen and oxygen atoms in total. The van der Waals surface area contributed by atoms with Gasteiger partial charge in [0, 0.05) is 12.8 Å². The van der Waals surface area contributed by atoms with E-state index in [9.17, 15) is 19.5 Å². The van der Waals surface area contributed by atoms with Crippen molar-refractivity contribution in [1.82, 2.24) is 5.32 Å². The number of nitrogens with two attached hydrogens (primary N) is 1. The van der Waals surface area contributed by atoms with Crippen LogP contribution in [0.5, 0.6) is 0 Å². The molecule has 0 aliphatic heterocycles.